The van der Waals surface area contributed by atoms with E-state index < -0.39 is 225 Å². The minimum Gasteiger partial charge on any atom is -0.481 e. The molecule has 680 valence electrons. The summed E-state index contributed by atoms with van der Waals surface area (Å²) < 4.78 is 84.7. The molecule has 0 aromatic heterocycles. The predicted octanol–water partition coefficient (Wildman–Crippen LogP) is 0.0577. The van der Waals surface area contributed by atoms with E-state index in [0.29, 0.717) is 19.4 Å². The Morgan fingerprint density at radius 1 is 0.350 bits per heavy atom. The molecule has 43 nitrogen and oxygen atoms in total. The van der Waals surface area contributed by atoms with Gasteiger partial charge < -0.3 is 113 Å². The Morgan fingerprint density at radius 3 is 0.975 bits per heavy atom. The molecule has 15 unspecified atom stereocenters. The highest BCUT2D eigenvalue weighted by molar-refractivity contribution is 5.88. The number of hydrogen-bond acceptors (Lipinski definition) is 34. The number of carbonyl (C=O) groups excluding carboxylic acids is 17. The molecule has 120 heavy (non-hydrogen) atoms. The van der Waals surface area contributed by atoms with Crippen molar-refractivity contribution in [1.82, 2.24) is 47.7 Å². The van der Waals surface area contributed by atoms with Gasteiger partial charge in [0.05, 0.1) is 0 Å². The van der Waals surface area contributed by atoms with Crippen LogP contribution in [0.5, 0.6) is 0 Å². The molecular weight excluding hydrogens is 1590 g/mol. The molecule has 3 fully saturated rings. The van der Waals surface area contributed by atoms with Gasteiger partial charge >= 0.3 is 59.7 Å². The molecule has 3 heterocycles. The van der Waals surface area contributed by atoms with Crippen LogP contribution in [-0.4, -0.2) is 287 Å². The third-order valence-corrected chi connectivity index (χ3v) is 18.2. The Labute approximate surface area is 696 Å². The normalized spacial score (nSPS) is 22.6. The predicted molar refractivity (Wildman–Crippen MR) is 411 cm³/mol. The van der Waals surface area contributed by atoms with Gasteiger partial charge in [0.2, 0.25) is 41.4 Å². The van der Waals surface area contributed by atoms with Crippen molar-refractivity contribution in [1.29, 1.82) is 0 Å². The second-order valence-corrected chi connectivity index (χ2v) is 28.8. The quantitative estimate of drug-likeness (QED) is 0.0168. The fraction of sp³-hybridized carbons (Fsp3) is 0.766. The van der Waals surface area contributed by atoms with Crippen LogP contribution >= 0.6 is 0 Å². The molecule has 3 aliphatic rings. The SMILES string of the molecule is CC(=O)NC1C(OCCCCC(=O)NCCN(CCNC(=O)CCCCOC2OC(COC(C)=O)C(OC(C)=O)C(OC(C)=O)C2NC(C)=O)C(=O)CC[C@H](NC(=O)CCCCOC2OC(COC(C)=O)C(OC(C)=O)C(OC(C)=O)C2NC(C)=O)C(=O)NNCCCCCCCCCCC(=O)O)OC(COC(C)=O)C(OC(C)=O)C1OC(C)=O. The number of nitrogens with one attached hydrogen (secondary N) is 8. The number of nitrogens with zero attached hydrogens (tertiary/aromatic N) is 1. The van der Waals surface area contributed by atoms with Crippen LogP contribution < -0.4 is 42.8 Å². The third kappa shape index (κ3) is 43.4. The molecule has 0 aliphatic carbocycles. The smallest absolute Gasteiger partial charge is 0.303 e. The van der Waals surface area contributed by atoms with E-state index in [2.05, 4.69) is 42.8 Å². The van der Waals surface area contributed by atoms with Gasteiger partial charge in [-0.3, -0.25) is 91.7 Å². The summed E-state index contributed by atoms with van der Waals surface area (Å²) in [7, 11) is 0. The number of esters is 9. The third-order valence-electron chi connectivity index (χ3n) is 18.2. The van der Waals surface area contributed by atoms with Gasteiger partial charge in [-0.2, -0.15) is 0 Å². The van der Waals surface area contributed by atoms with Crippen LogP contribution in [0.1, 0.15) is 212 Å². The van der Waals surface area contributed by atoms with Crippen LogP contribution in [0.2, 0.25) is 0 Å². The molecular formula is C77H123N9O34. The minimum atomic E-state index is -1.39. The minimum absolute atomic E-state index is 0.0791. The zero-order valence-electron chi connectivity index (χ0n) is 70.5. The van der Waals surface area contributed by atoms with Crippen molar-refractivity contribution in [2.45, 2.75) is 309 Å². The molecule has 0 radical (unpaired) electrons. The zero-order valence-corrected chi connectivity index (χ0v) is 70.5. The van der Waals surface area contributed by atoms with E-state index in [9.17, 15) is 86.3 Å². The Kier molecular flexibility index (Phi) is 49.9. The van der Waals surface area contributed by atoms with Crippen LogP contribution in [0.25, 0.3) is 0 Å². The fourth-order valence-corrected chi connectivity index (χ4v) is 13.0. The van der Waals surface area contributed by atoms with Crippen LogP contribution in [0.3, 0.4) is 0 Å². The maximum Gasteiger partial charge on any atom is 0.303 e. The maximum absolute atomic E-state index is 14.5. The summed E-state index contributed by atoms with van der Waals surface area (Å²) >= 11 is 0. The summed E-state index contributed by atoms with van der Waals surface area (Å²) in [6.07, 6.45) is -9.37. The number of carbonyl (C=O) groups is 18. The largest absolute Gasteiger partial charge is 0.481 e. The van der Waals surface area contributed by atoms with Gasteiger partial charge in [0, 0.05) is 168 Å². The van der Waals surface area contributed by atoms with E-state index in [1.807, 2.05) is 0 Å². The Balaban J connectivity index is 1.85. The number of amides is 8. The number of hydrogen-bond donors (Lipinski definition) is 9. The first-order valence-corrected chi connectivity index (χ1v) is 40.3. The molecule has 3 saturated heterocycles. The molecule has 16 atom stereocenters. The molecule has 0 bridgehead atoms. The second-order valence-electron chi connectivity index (χ2n) is 28.8. The summed E-state index contributed by atoms with van der Waals surface area (Å²) in [5.41, 5.74) is 5.51. The van der Waals surface area contributed by atoms with E-state index in [0.717, 1.165) is 101 Å². The van der Waals surface area contributed by atoms with Gasteiger partial charge in [0.25, 0.3) is 5.91 Å². The molecule has 3 rings (SSSR count). The van der Waals surface area contributed by atoms with Crippen molar-refractivity contribution in [2.24, 2.45) is 0 Å². The molecule has 8 amide bonds. The van der Waals surface area contributed by atoms with Crippen molar-refractivity contribution >= 4 is 107 Å². The Hall–Kier alpha value is -9.82. The van der Waals surface area contributed by atoms with Gasteiger partial charge in [-0.1, -0.05) is 38.5 Å². The molecule has 0 spiro atoms. The number of aliphatic carboxylic acids is 1. The van der Waals surface area contributed by atoms with Crippen LogP contribution in [0.4, 0.5) is 0 Å². The maximum atomic E-state index is 14.5. The highest BCUT2D eigenvalue weighted by Crippen LogP contribution is 2.32. The van der Waals surface area contributed by atoms with E-state index in [-0.39, 0.29) is 123 Å². The molecule has 0 aromatic carbocycles. The summed E-state index contributed by atoms with van der Waals surface area (Å²) in [5.74, 6) is -12.4. The lowest BCUT2D eigenvalue weighted by molar-refractivity contribution is -0.277. The van der Waals surface area contributed by atoms with E-state index in [1.54, 1.807) is 0 Å². The van der Waals surface area contributed by atoms with Crippen molar-refractivity contribution in [3.8, 4) is 0 Å². The first kappa shape index (κ1) is 104. The van der Waals surface area contributed by atoms with Crippen LogP contribution in [-0.2, 0) is 157 Å². The Bertz CT molecular complexity index is 3250. The number of ether oxygens (including phenoxy) is 15. The highest BCUT2D eigenvalue weighted by atomic mass is 16.7. The lowest BCUT2D eigenvalue weighted by Crippen LogP contribution is -2.66. The number of carboxylic acid groups (broad SMARTS) is 1. The average molecular weight is 1720 g/mol. The van der Waals surface area contributed by atoms with Crippen molar-refractivity contribution < 1.29 is 162 Å². The van der Waals surface area contributed by atoms with Gasteiger partial charge in [-0.25, -0.2) is 5.43 Å². The lowest BCUT2D eigenvalue weighted by atomic mass is 9.96. The monoisotopic (exact) mass is 1720 g/mol. The number of carboxylic acids is 1. The zero-order chi connectivity index (χ0) is 89.4. The van der Waals surface area contributed by atoms with Gasteiger partial charge in [0.1, 0.15) is 62.3 Å². The van der Waals surface area contributed by atoms with Gasteiger partial charge in [-0.15, -0.1) is 0 Å². The standard InChI is InChI=1S/C77H123N9O34/c1-44(87)81-65-71(115-53(10)96)68(112-50(7)93)57(41-109-47(4)90)118-75(65)106-38-24-20-27-60(99)78-34-36-86(37-35-79-61(100)28-21-25-39-107-76-66(82-45(2)88)72(116-54(11)97)69(113-51(8)94)58(119-76)42-110-48(5)91)63(102)32-31-56(74(105)85-80-33-23-18-16-14-13-15-17-19-30-64(103)104)84-62(101)29-22-26-40-108-77-67(83-46(3)89)73(117-55(12)98)70(114-52(9)95)59(120-77)43-111-49(6)92/h56-59,65-73,75-77,80H,13-43H2,1-12H3,(H,78,99)(H,79,100)(H,81,87)(H,82,88)(H,83,89)(H,84,101)(H,85,105)(H,103,104)/t56-,57?,58?,59?,65?,66?,67?,68?,69?,70?,71?,72?,73?,75?,76?,77?/m0/s1. The molecule has 0 saturated carbocycles. The molecule has 9 N–H and O–H groups in total. The first-order valence-electron chi connectivity index (χ1n) is 40.3. The van der Waals surface area contributed by atoms with Crippen LogP contribution in [0, 0.1) is 0 Å². The summed E-state index contributed by atoms with van der Waals surface area (Å²) in [4.78, 5) is 228. The van der Waals surface area contributed by atoms with E-state index in [4.69, 9.17) is 76.2 Å². The number of hydrazine groups is 1. The van der Waals surface area contributed by atoms with E-state index >= 15 is 0 Å². The van der Waals surface area contributed by atoms with E-state index in [1.165, 1.54) is 25.7 Å². The topological polar surface area (TPSA) is 565 Å². The number of rotatable bonds is 56. The van der Waals surface area contributed by atoms with Gasteiger partial charge in [0.15, 0.2) is 55.5 Å². The van der Waals surface area contributed by atoms with Crippen molar-refractivity contribution in [2.75, 3.05) is 72.4 Å². The summed E-state index contributed by atoms with van der Waals surface area (Å²) in [5, 5.41) is 25.0. The highest BCUT2D eigenvalue weighted by Gasteiger charge is 2.54. The van der Waals surface area contributed by atoms with Gasteiger partial charge in [-0.05, 0) is 57.8 Å². The molecule has 0 aromatic rings. The fourth-order valence-electron chi connectivity index (χ4n) is 13.0. The average Bonchev–Trinajstić information content (AvgIpc) is 0.797. The Morgan fingerprint density at radius 2 is 0.658 bits per heavy atom. The molecule has 3 aliphatic heterocycles. The summed E-state index contributed by atoms with van der Waals surface area (Å²) in [6.45, 7) is 11.5. The van der Waals surface area contributed by atoms with Crippen LogP contribution in [0.15, 0.2) is 0 Å². The first-order chi connectivity index (χ1) is 56.8. The summed E-state index contributed by atoms with van der Waals surface area (Å²) in [6, 6.07) is -5.07. The second kappa shape index (κ2) is 57.4. The van der Waals surface area contributed by atoms with Crippen molar-refractivity contribution in [3.63, 3.8) is 0 Å². The number of unbranched alkanes of at least 4 members (excludes halogenated alkanes) is 10. The lowest BCUT2D eigenvalue weighted by Gasteiger charge is -2.44. The molecule has 43 heteroatoms. The van der Waals surface area contributed by atoms with Crippen molar-refractivity contribution in [3.05, 3.63) is 0 Å².